The Hall–Kier alpha value is -1.51. The number of likely N-dealkylation sites (tertiary alicyclic amines) is 1. The lowest BCUT2D eigenvalue weighted by molar-refractivity contribution is -0.129. The van der Waals surface area contributed by atoms with Crippen LogP contribution >= 0.6 is 0 Å². The third-order valence-electron chi connectivity index (χ3n) is 3.73. The molecule has 1 amide bonds. The lowest BCUT2D eigenvalue weighted by Crippen LogP contribution is -2.48. The van der Waals surface area contributed by atoms with Crippen molar-refractivity contribution in [3.8, 4) is 0 Å². The van der Waals surface area contributed by atoms with Crippen molar-refractivity contribution in [1.82, 2.24) is 4.90 Å². The van der Waals surface area contributed by atoms with E-state index in [1.54, 1.807) is 6.92 Å². The molecular formula is C13H16N2O. The Kier molecular flexibility index (Phi) is 2.13. The molecule has 2 heterocycles. The van der Waals surface area contributed by atoms with E-state index in [9.17, 15) is 4.79 Å². The quantitative estimate of drug-likeness (QED) is 0.710. The van der Waals surface area contributed by atoms with Gasteiger partial charge in [-0.1, -0.05) is 18.2 Å². The van der Waals surface area contributed by atoms with Gasteiger partial charge in [0.1, 0.15) is 0 Å². The Morgan fingerprint density at radius 1 is 1.19 bits per heavy atom. The highest BCUT2D eigenvalue weighted by atomic mass is 16.2. The zero-order chi connectivity index (χ0) is 11.1. The second kappa shape index (κ2) is 3.51. The second-order valence-electron chi connectivity index (χ2n) is 4.70. The largest absolute Gasteiger partial charge is 0.365 e. The molecule has 0 spiro atoms. The number of hydrogen-bond acceptors (Lipinski definition) is 2. The van der Waals surface area contributed by atoms with Crippen molar-refractivity contribution in [3.63, 3.8) is 0 Å². The van der Waals surface area contributed by atoms with E-state index in [4.69, 9.17) is 0 Å². The first-order valence-electron chi connectivity index (χ1n) is 5.84. The standard InChI is InChI=1S/C13H16N2O/c1-10(16)14-8-13-7-12(14)9-15(13)11-5-3-2-4-6-11/h2-6,12-13H,7-9H2,1H3. The molecule has 0 aromatic heterocycles. The van der Waals surface area contributed by atoms with Crippen LogP contribution in [-0.4, -0.2) is 36.0 Å². The minimum atomic E-state index is 0.222. The smallest absolute Gasteiger partial charge is 0.219 e. The van der Waals surface area contributed by atoms with Crippen molar-refractivity contribution < 1.29 is 4.79 Å². The first-order chi connectivity index (χ1) is 7.75. The number of carbonyl (C=O) groups is 1. The maximum atomic E-state index is 11.4. The molecule has 1 aromatic carbocycles. The molecule has 16 heavy (non-hydrogen) atoms. The number of fused-ring (bicyclic) bond motifs is 2. The van der Waals surface area contributed by atoms with Crippen molar-refractivity contribution in [3.05, 3.63) is 30.3 Å². The monoisotopic (exact) mass is 216 g/mol. The van der Waals surface area contributed by atoms with Gasteiger partial charge >= 0.3 is 0 Å². The van der Waals surface area contributed by atoms with Gasteiger partial charge in [0.25, 0.3) is 0 Å². The molecule has 2 unspecified atom stereocenters. The van der Waals surface area contributed by atoms with Crippen molar-refractivity contribution in [2.75, 3.05) is 18.0 Å². The Labute approximate surface area is 95.7 Å². The number of amides is 1. The van der Waals surface area contributed by atoms with Crippen LogP contribution in [0.1, 0.15) is 13.3 Å². The normalized spacial score (nSPS) is 27.6. The van der Waals surface area contributed by atoms with Gasteiger partial charge in [-0.25, -0.2) is 0 Å². The average Bonchev–Trinajstić information content (AvgIpc) is 2.89. The van der Waals surface area contributed by atoms with Crippen LogP contribution in [0.4, 0.5) is 5.69 Å². The van der Waals surface area contributed by atoms with E-state index >= 15 is 0 Å². The second-order valence-corrected chi connectivity index (χ2v) is 4.70. The topological polar surface area (TPSA) is 23.6 Å². The van der Waals surface area contributed by atoms with Crippen LogP contribution < -0.4 is 4.90 Å². The fourth-order valence-corrected chi connectivity index (χ4v) is 2.99. The zero-order valence-corrected chi connectivity index (χ0v) is 9.47. The Morgan fingerprint density at radius 3 is 2.50 bits per heavy atom. The summed E-state index contributed by atoms with van der Waals surface area (Å²) in [5.41, 5.74) is 1.29. The summed E-state index contributed by atoms with van der Waals surface area (Å²) < 4.78 is 0. The van der Waals surface area contributed by atoms with Crippen molar-refractivity contribution >= 4 is 11.6 Å². The van der Waals surface area contributed by atoms with E-state index in [1.165, 1.54) is 5.69 Å². The molecule has 3 rings (SSSR count). The van der Waals surface area contributed by atoms with Crippen LogP contribution in [0.15, 0.2) is 30.3 Å². The molecule has 2 saturated heterocycles. The molecule has 0 aliphatic carbocycles. The lowest BCUT2D eigenvalue weighted by Gasteiger charge is -2.35. The SMILES string of the molecule is CC(=O)N1CC2CC1CN2c1ccccc1. The van der Waals surface area contributed by atoms with Gasteiger partial charge in [0.2, 0.25) is 5.91 Å². The molecule has 84 valence electrons. The number of anilines is 1. The minimum Gasteiger partial charge on any atom is -0.365 e. The summed E-state index contributed by atoms with van der Waals surface area (Å²) in [7, 11) is 0. The minimum absolute atomic E-state index is 0.222. The Balaban J connectivity index is 1.79. The average molecular weight is 216 g/mol. The number of hydrogen-bond donors (Lipinski definition) is 0. The summed E-state index contributed by atoms with van der Waals surface area (Å²) in [5, 5.41) is 0. The predicted molar refractivity (Wildman–Crippen MR) is 63.4 cm³/mol. The summed E-state index contributed by atoms with van der Waals surface area (Å²) in [6.45, 7) is 3.57. The number of para-hydroxylation sites is 1. The van der Waals surface area contributed by atoms with E-state index in [1.807, 2.05) is 11.0 Å². The van der Waals surface area contributed by atoms with Crippen LogP contribution in [-0.2, 0) is 4.79 Å². The van der Waals surface area contributed by atoms with Crippen LogP contribution in [0.2, 0.25) is 0 Å². The zero-order valence-electron chi connectivity index (χ0n) is 9.47. The molecule has 1 aromatic rings. The number of benzene rings is 1. The van der Waals surface area contributed by atoms with Gasteiger partial charge in [0.05, 0.1) is 6.04 Å². The van der Waals surface area contributed by atoms with Crippen LogP contribution in [0.5, 0.6) is 0 Å². The van der Waals surface area contributed by atoms with Crippen LogP contribution in [0, 0.1) is 0 Å². The molecule has 2 fully saturated rings. The van der Waals surface area contributed by atoms with Gasteiger partial charge in [-0.15, -0.1) is 0 Å². The highest BCUT2D eigenvalue weighted by molar-refractivity contribution is 5.75. The van der Waals surface area contributed by atoms with E-state index in [2.05, 4.69) is 29.2 Å². The third kappa shape index (κ3) is 1.39. The summed E-state index contributed by atoms with van der Waals surface area (Å²) in [4.78, 5) is 15.8. The third-order valence-corrected chi connectivity index (χ3v) is 3.73. The Bertz CT molecular complexity index is 404. The maximum Gasteiger partial charge on any atom is 0.219 e. The van der Waals surface area contributed by atoms with Gasteiger partial charge in [-0.05, 0) is 18.6 Å². The Morgan fingerprint density at radius 2 is 1.94 bits per heavy atom. The van der Waals surface area contributed by atoms with Crippen LogP contribution in [0.3, 0.4) is 0 Å². The molecule has 0 radical (unpaired) electrons. The van der Waals surface area contributed by atoms with Crippen LogP contribution in [0.25, 0.3) is 0 Å². The summed E-state index contributed by atoms with van der Waals surface area (Å²) in [5.74, 6) is 0.222. The molecule has 0 N–H and O–H groups in total. The molecule has 2 aliphatic rings. The van der Waals surface area contributed by atoms with Gasteiger partial charge in [0, 0.05) is 31.7 Å². The highest BCUT2D eigenvalue weighted by Crippen LogP contribution is 2.34. The van der Waals surface area contributed by atoms with Gasteiger partial charge < -0.3 is 9.80 Å². The van der Waals surface area contributed by atoms with Gasteiger partial charge in [-0.2, -0.15) is 0 Å². The fourth-order valence-electron chi connectivity index (χ4n) is 2.99. The van der Waals surface area contributed by atoms with Gasteiger partial charge in [-0.3, -0.25) is 4.79 Å². The van der Waals surface area contributed by atoms with E-state index in [-0.39, 0.29) is 5.91 Å². The maximum absolute atomic E-state index is 11.4. The van der Waals surface area contributed by atoms with Crippen molar-refractivity contribution in [1.29, 1.82) is 0 Å². The number of carbonyl (C=O) groups excluding carboxylic acids is 1. The molecule has 2 bridgehead atoms. The van der Waals surface area contributed by atoms with Crippen molar-refractivity contribution in [2.24, 2.45) is 0 Å². The number of piperazine rings is 1. The summed E-state index contributed by atoms with van der Waals surface area (Å²) in [6, 6.07) is 11.4. The molecule has 2 aliphatic heterocycles. The molecule has 3 nitrogen and oxygen atoms in total. The first kappa shape index (κ1) is 9.70. The van der Waals surface area contributed by atoms with Gasteiger partial charge in [0.15, 0.2) is 0 Å². The predicted octanol–water partition coefficient (Wildman–Crippen LogP) is 1.50. The molecule has 0 saturated carbocycles. The molecular weight excluding hydrogens is 200 g/mol. The first-order valence-corrected chi connectivity index (χ1v) is 5.84. The number of rotatable bonds is 1. The molecule has 3 heteroatoms. The summed E-state index contributed by atoms with van der Waals surface area (Å²) in [6.07, 6.45) is 1.13. The summed E-state index contributed by atoms with van der Waals surface area (Å²) >= 11 is 0. The molecule has 2 atom stereocenters. The van der Waals surface area contributed by atoms with E-state index in [0.717, 1.165) is 19.5 Å². The number of nitrogens with zero attached hydrogens (tertiary/aromatic N) is 2. The van der Waals surface area contributed by atoms with E-state index < -0.39 is 0 Å². The van der Waals surface area contributed by atoms with E-state index in [0.29, 0.717) is 12.1 Å². The van der Waals surface area contributed by atoms with Crippen molar-refractivity contribution in [2.45, 2.75) is 25.4 Å². The lowest BCUT2D eigenvalue weighted by atomic mass is 10.2. The fraction of sp³-hybridized carbons (Fsp3) is 0.462. The highest BCUT2D eigenvalue weighted by Gasteiger charge is 2.44.